The van der Waals surface area contributed by atoms with Crippen LogP contribution in [0.3, 0.4) is 0 Å². The molecule has 0 saturated heterocycles. The third kappa shape index (κ3) is 2.15. The first-order valence-corrected chi connectivity index (χ1v) is 5.19. The molecule has 1 aromatic carbocycles. The fourth-order valence-corrected chi connectivity index (χ4v) is 1.61. The minimum atomic E-state index is -0.436. The van der Waals surface area contributed by atoms with Crippen LogP contribution in [0, 0.1) is 20.8 Å². The zero-order chi connectivity index (χ0) is 10.8. The highest BCUT2D eigenvalue weighted by Gasteiger charge is 2.03. The standard InChI is InChI=1S/C10H5FIN3/c11-8-3-7(6-13)4-9(5-8)15-2-1-10(12)14-15/h1-5H. The number of halogens is 2. The molecule has 0 amide bonds. The predicted octanol–water partition coefficient (Wildman–Crippen LogP) is 2.49. The summed E-state index contributed by atoms with van der Waals surface area (Å²) < 4.78 is 15.5. The first-order chi connectivity index (χ1) is 7.19. The Labute approximate surface area is 99.3 Å². The van der Waals surface area contributed by atoms with Crippen molar-refractivity contribution in [3.63, 3.8) is 0 Å². The third-order valence-electron chi connectivity index (χ3n) is 1.83. The van der Waals surface area contributed by atoms with Crippen molar-refractivity contribution >= 4 is 22.6 Å². The van der Waals surface area contributed by atoms with Gasteiger partial charge in [0.05, 0.1) is 17.3 Å². The maximum Gasteiger partial charge on any atom is 0.126 e. The number of nitriles is 1. The van der Waals surface area contributed by atoms with Crippen molar-refractivity contribution in [1.82, 2.24) is 9.78 Å². The molecule has 0 spiro atoms. The highest BCUT2D eigenvalue weighted by molar-refractivity contribution is 14.1. The van der Waals surface area contributed by atoms with E-state index in [1.165, 1.54) is 16.8 Å². The van der Waals surface area contributed by atoms with Crippen molar-refractivity contribution in [3.05, 3.63) is 45.5 Å². The molecule has 0 aliphatic rings. The van der Waals surface area contributed by atoms with E-state index in [1.807, 2.05) is 6.07 Å². The maximum atomic E-state index is 13.1. The summed E-state index contributed by atoms with van der Waals surface area (Å²) in [6.45, 7) is 0. The second-order valence-electron chi connectivity index (χ2n) is 2.89. The van der Waals surface area contributed by atoms with Crippen molar-refractivity contribution in [2.24, 2.45) is 0 Å². The van der Waals surface area contributed by atoms with Crippen molar-refractivity contribution in [2.75, 3.05) is 0 Å². The van der Waals surface area contributed by atoms with Crippen molar-refractivity contribution in [3.8, 4) is 11.8 Å². The Morgan fingerprint density at radius 2 is 2.20 bits per heavy atom. The summed E-state index contributed by atoms with van der Waals surface area (Å²) in [7, 11) is 0. The second-order valence-corrected chi connectivity index (χ2v) is 4.00. The molecule has 0 radical (unpaired) electrons. The fraction of sp³-hybridized carbons (Fsp3) is 0. The van der Waals surface area contributed by atoms with Crippen LogP contribution < -0.4 is 0 Å². The molecule has 15 heavy (non-hydrogen) atoms. The summed E-state index contributed by atoms with van der Waals surface area (Å²) in [5, 5.41) is 12.8. The third-order valence-corrected chi connectivity index (χ3v) is 2.41. The van der Waals surface area contributed by atoms with Crippen LogP contribution in [-0.4, -0.2) is 9.78 Å². The summed E-state index contributed by atoms with van der Waals surface area (Å²) in [5.74, 6) is -0.436. The van der Waals surface area contributed by atoms with Gasteiger partial charge in [-0.05, 0) is 46.9 Å². The lowest BCUT2D eigenvalue weighted by Crippen LogP contribution is -1.96. The molecule has 0 N–H and O–H groups in total. The van der Waals surface area contributed by atoms with Gasteiger partial charge in [0.15, 0.2) is 0 Å². The van der Waals surface area contributed by atoms with Gasteiger partial charge in [0, 0.05) is 6.20 Å². The minimum absolute atomic E-state index is 0.288. The van der Waals surface area contributed by atoms with E-state index in [-0.39, 0.29) is 5.56 Å². The molecule has 3 nitrogen and oxygen atoms in total. The van der Waals surface area contributed by atoms with Crippen LogP contribution in [0.2, 0.25) is 0 Å². The van der Waals surface area contributed by atoms with Crippen LogP contribution in [0.25, 0.3) is 5.69 Å². The first-order valence-electron chi connectivity index (χ1n) is 4.11. The Bertz CT molecular complexity index is 542. The molecule has 0 fully saturated rings. The Hall–Kier alpha value is -1.42. The maximum absolute atomic E-state index is 13.1. The predicted molar refractivity (Wildman–Crippen MR) is 61.0 cm³/mol. The molecule has 0 unspecified atom stereocenters. The average Bonchev–Trinajstić information content (AvgIpc) is 2.64. The summed E-state index contributed by atoms with van der Waals surface area (Å²) in [6.07, 6.45) is 1.72. The van der Waals surface area contributed by atoms with Gasteiger partial charge in [-0.2, -0.15) is 10.4 Å². The molecule has 1 aromatic heterocycles. The van der Waals surface area contributed by atoms with Gasteiger partial charge in [-0.1, -0.05) is 0 Å². The average molecular weight is 313 g/mol. The summed E-state index contributed by atoms with van der Waals surface area (Å²) in [5.41, 5.74) is 0.838. The van der Waals surface area contributed by atoms with E-state index in [2.05, 4.69) is 27.7 Å². The van der Waals surface area contributed by atoms with Crippen molar-refractivity contribution in [2.45, 2.75) is 0 Å². The van der Waals surface area contributed by atoms with Gasteiger partial charge < -0.3 is 0 Å². The molecule has 0 aliphatic heterocycles. The van der Waals surface area contributed by atoms with Gasteiger partial charge in [-0.25, -0.2) is 9.07 Å². The largest absolute Gasteiger partial charge is 0.240 e. The van der Waals surface area contributed by atoms with Crippen LogP contribution in [0.5, 0.6) is 0 Å². The number of benzene rings is 1. The van der Waals surface area contributed by atoms with Crippen LogP contribution >= 0.6 is 22.6 Å². The molecule has 0 atom stereocenters. The first kappa shape index (κ1) is 10.1. The molecule has 2 aromatic rings. The van der Waals surface area contributed by atoms with Crippen molar-refractivity contribution in [1.29, 1.82) is 5.26 Å². The van der Waals surface area contributed by atoms with Gasteiger partial charge in [-0.15, -0.1) is 0 Å². The summed E-state index contributed by atoms with van der Waals surface area (Å²) in [6, 6.07) is 7.82. The fourth-order valence-electron chi connectivity index (χ4n) is 1.22. The van der Waals surface area contributed by atoms with Crippen LogP contribution in [0.1, 0.15) is 5.56 Å². The van der Waals surface area contributed by atoms with Gasteiger partial charge in [0.1, 0.15) is 9.52 Å². The lowest BCUT2D eigenvalue weighted by atomic mass is 10.2. The quantitative estimate of drug-likeness (QED) is 0.759. The van der Waals surface area contributed by atoms with Gasteiger partial charge in [0.25, 0.3) is 0 Å². The molecule has 0 aliphatic carbocycles. The van der Waals surface area contributed by atoms with Crippen LogP contribution in [0.15, 0.2) is 30.5 Å². The molecule has 0 saturated carbocycles. The van der Waals surface area contributed by atoms with E-state index in [0.717, 1.165) is 3.70 Å². The lowest BCUT2D eigenvalue weighted by Gasteiger charge is -2.01. The number of nitrogens with zero attached hydrogens (tertiary/aromatic N) is 3. The smallest absolute Gasteiger partial charge is 0.126 e. The highest BCUT2D eigenvalue weighted by atomic mass is 127. The molecular weight excluding hydrogens is 308 g/mol. The van der Waals surface area contributed by atoms with E-state index < -0.39 is 5.82 Å². The Balaban J connectivity index is 2.54. The molecule has 2 rings (SSSR count). The normalized spacial score (nSPS) is 9.93. The number of hydrogen-bond acceptors (Lipinski definition) is 2. The summed E-state index contributed by atoms with van der Waals surface area (Å²) >= 11 is 2.06. The van der Waals surface area contributed by atoms with Crippen LogP contribution in [0.4, 0.5) is 4.39 Å². The molecule has 5 heteroatoms. The second kappa shape index (κ2) is 3.98. The number of rotatable bonds is 1. The Morgan fingerprint density at radius 3 is 2.80 bits per heavy atom. The zero-order valence-electron chi connectivity index (χ0n) is 7.48. The number of hydrogen-bond donors (Lipinski definition) is 0. The van der Waals surface area contributed by atoms with Gasteiger partial charge >= 0.3 is 0 Å². The zero-order valence-corrected chi connectivity index (χ0v) is 9.64. The lowest BCUT2D eigenvalue weighted by molar-refractivity contribution is 0.625. The minimum Gasteiger partial charge on any atom is -0.240 e. The van der Waals surface area contributed by atoms with Gasteiger partial charge in [0.2, 0.25) is 0 Å². The molecule has 74 valence electrons. The van der Waals surface area contributed by atoms with Gasteiger partial charge in [-0.3, -0.25) is 0 Å². The number of aromatic nitrogens is 2. The topological polar surface area (TPSA) is 41.6 Å². The Kier molecular flexibility index (Phi) is 2.68. The van der Waals surface area contributed by atoms with E-state index in [1.54, 1.807) is 18.3 Å². The molecule has 0 bridgehead atoms. The van der Waals surface area contributed by atoms with Crippen LogP contribution in [-0.2, 0) is 0 Å². The monoisotopic (exact) mass is 313 g/mol. The van der Waals surface area contributed by atoms with E-state index in [4.69, 9.17) is 5.26 Å². The molecular formula is C10H5FIN3. The van der Waals surface area contributed by atoms with E-state index in [9.17, 15) is 4.39 Å². The van der Waals surface area contributed by atoms with Crippen molar-refractivity contribution < 1.29 is 4.39 Å². The Morgan fingerprint density at radius 1 is 1.40 bits per heavy atom. The summed E-state index contributed by atoms with van der Waals surface area (Å²) in [4.78, 5) is 0. The van der Waals surface area contributed by atoms with E-state index in [0.29, 0.717) is 5.69 Å². The SMILES string of the molecule is N#Cc1cc(F)cc(-n2ccc(I)n2)c1. The van der Waals surface area contributed by atoms with E-state index >= 15 is 0 Å². The molecule has 1 heterocycles. The highest BCUT2D eigenvalue weighted by Crippen LogP contribution is 2.13.